The first kappa shape index (κ1) is 15.1. The second-order valence-corrected chi connectivity index (χ2v) is 5.25. The van der Waals surface area contributed by atoms with Crippen molar-refractivity contribution in [3.05, 3.63) is 65.2 Å². The third kappa shape index (κ3) is 4.35. The molecule has 0 aliphatic carbocycles. The SMILES string of the molecule is Cc1cccc(OCC(=O)NC(C)c2ccccc2C)c1. The largest absolute Gasteiger partial charge is 0.484 e. The van der Waals surface area contributed by atoms with E-state index >= 15 is 0 Å². The molecule has 1 N–H and O–H groups in total. The van der Waals surface area contributed by atoms with Crippen molar-refractivity contribution < 1.29 is 9.53 Å². The predicted molar refractivity (Wildman–Crippen MR) is 84.4 cm³/mol. The smallest absolute Gasteiger partial charge is 0.258 e. The number of aryl methyl sites for hydroxylation is 2. The third-order valence-corrected chi connectivity index (χ3v) is 3.39. The number of hydrogen-bond acceptors (Lipinski definition) is 2. The molecule has 0 fully saturated rings. The van der Waals surface area contributed by atoms with Crippen molar-refractivity contribution in [2.75, 3.05) is 6.61 Å². The van der Waals surface area contributed by atoms with E-state index in [-0.39, 0.29) is 18.6 Å². The number of hydrogen-bond donors (Lipinski definition) is 1. The molecule has 2 aromatic carbocycles. The van der Waals surface area contributed by atoms with Crippen LogP contribution in [0.1, 0.15) is 29.7 Å². The van der Waals surface area contributed by atoms with Crippen molar-refractivity contribution in [2.24, 2.45) is 0 Å². The minimum atomic E-state index is -0.118. The molecule has 0 spiro atoms. The van der Waals surface area contributed by atoms with E-state index in [1.165, 1.54) is 5.56 Å². The maximum Gasteiger partial charge on any atom is 0.258 e. The minimum absolute atomic E-state index is 0.0275. The molecule has 110 valence electrons. The molecular formula is C18H21NO2. The summed E-state index contributed by atoms with van der Waals surface area (Å²) in [5.41, 5.74) is 3.41. The predicted octanol–water partition coefficient (Wildman–Crippen LogP) is 3.56. The van der Waals surface area contributed by atoms with Crippen LogP contribution in [0.4, 0.5) is 0 Å². The number of rotatable bonds is 5. The van der Waals surface area contributed by atoms with E-state index in [2.05, 4.69) is 5.32 Å². The zero-order chi connectivity index (χ0) is 15.2. The van der Waals surface area contributed by atoms with E-state index in [1.807, 2.05) is 69.3 Å². The summed E-state index contributed by atoms with van der Waals surface area (Å²) in [7, 11) is 0. The fraction of sp³-hybridized carbons (Fsp3) is 0.278. The maximum atomic E-state index is 12.0. The van der Waals surface area contributed by atoms with Crippen LogP contribution in [0.3, 0.4) is 0 Å². The van der Waals surface area contributed by atoms with E-state index in [1.54, 1.807) is 0 Å². The molecule has 0 radical (unpaired) electrons. The van der Waals surface area contributed by atoms with Gasteiger partial charge in [-0.05, 0) is 49.6 Å². The molecule has 1 amide bonds. The second kappa shape index (κ2) is 6.93. The number of benzene rings is 2. The summed E-state index contributed by atoms with van der Waals surface area (Å²) in [6, 6.07) is 15.7. The monoisotopic (exact) mass is 283 g/mol. The summed E-state index contributed by atoms with van der Waals surface area (Å²) in [5, 5.41) is 2.96. The van der Waals surface area contributed by atoms with Gasteiger partial charge in [-0.25, -0.2) is 0 Å². The van der Waals surface area contributed by atoms with Crippen LogP contribution >= 0.6 is 0 Å². The van der Waals surface area contributed by atoms with Crippen molar-refractivity contribution in [3.63, 3.8) is 0 Å². The standard InChI is InChI=1S/C18H21NO2/c1-13-7-6-9-16(11-13)21-12-18(20)19-15(3)17-10-5-4-8-14(17)2/h4-11,15H,12H2,1-3H3,(H,19,20). The van der Waals surface area contributed by atoms with Gasteiger partial charge in [0, 0.05) is 0 Å². The lowest BCUT2D eigenvalue weighted by atomic mass is 10.0. The van der Waals surface area contributed by atoms with E-state index in [4.69, 9.17) is 4.74 Å². The van der Waals surface area contributed by atoms with Gasteiger partial charge in [0.05, 0.1) is 6.04 Å². The van der Waals surface area contributed by atoms with Crippen LogP contribution in [-0.4, -0.2) is 12.5 Å². The first-order valence-corrected chi connectivity index (χ1v) is 7.10. The molecule has 3 heteroatoms. The highest BCUT2D eigenvalue weighted by Crippen LogP contribution is 2.16. The fourth-order valence-electron chi connectivity index (χ4n) is 2.29. The van der Waals surface area contributed by atoms with Gasteiger partial charge in [-0.15, -0.1) is 0 Å². The molecule has 0 aliphatic heterocycles. The molecule has 2 rings (SSSR count). The van der Waals surface area contributed by atoms with Gasteiger partial charge < -0.3 is 10.1 Å². The van der Waals surface area contributed by atoms with Crippen LogP contribution in [0.15, 0.2) is 48.5 Å². The van der Waals surface area contributed by atoms with Gasteiger partial charge in [0.1, 0.15) is 5.75 Å². The molecule has 0 aromatic heterocycles. The lowest BCUT2D eigenvalue weighted by Gasteiger charge is -2.16. The first-order valence-electron chi connectivity index (χ1n) is 7.10. The van der Waals surface area contributed by atoms with Crippen molar-refractivity contribution in [2.45, 2.75) is 26.8 Å². The normalized spacial score (nSPS) is 11.8. The number of nitrogens with one attached hydrogen (secondary N) is 1. The van der Waals surface area contributed by atoms with Crippen LogP contribution in [0.25, 0.3) is 0 Å². The summed E-state index contributed by atoms with van der Waals surface area (Å²) >= 11 is 0. The van der Waals surface area contributed by atoms with Gasteiger partial charge in [0.2, 0.25) is 0 Å². The first-order chi connectivity index (χ1) is 10.1. The number of carbonyl (C=O) groups is 1. The topological polar surface area (TPSA) is 38.3 Å². The Morgan fingerprint density at radius 1 is 1.14 bits per heavy atom. The van der Waals surface area contributed by atoms with Crippen molar-refractivity contribution in [1.82, 2.24) is 5.32 Å². The van der Waals surface area contributed by atoms with Gasteiger partial charge in [0.15, 0.2) is 6.61 Å². The Morgan fingerprint density at radius 3 is 2.62 bits per heavy atom. The zero-order valence-electron chi connectivity index (χ0n) is 12.7. The Balaban J connectivity index is 1.89. The maximum absolute atomic E-state index is 12.0. The summed E-state index contributed by atoms with van der Waals surface area (Å²) in [6.07, 6.45) is 0. The van der Waals surface area contributed by atoms with Crippen LogP contribution in [0, 0.1) is 13.8 Å². The summed E-state index contributed by atoms with van der Waals surface area (Å²) < 4.78 is 5.50. The Bertz CT molecular complexity index is 622. The van der Waals surface area contributed by atoms with Gasteiger partial charge in [-0.2, -0.15) is 0 Å². The van der Waals surface area contributed by atoms with Crippen LogP contribution in [0.5, 0.6) is 5.75 Å². The highest BCUT2D eigenvalue weighted by atomic mass is 16.5. The van der Waals surface area contributed by atoms with Crippen LogP contribution in [-0.2, 0) is 4.79 Å². The van der Waals surface area contributed by atoms with Crippen molar-refractivity contribution in [1.29, 1.82) is 0 Å². The quantitative estimate of drug-likeness (QED) is 0.911. The lowest BCUT2D eigenvalue weighted by Crippen LogP contribution is -2.31. The van der Waals surface area contributed by atoms with Gasteiger partial charge in [-0.1, -0.05) is 36.4 Å². The highest BCUT2D eigenvalue weighted by Gasteiger charge is 2.11. The summed E-state index contributed by atoms with van der Waals surface area (Å²) in [4.78, 5) is 12.0. The average Bonchev–Trinajstić information content (AvgIpc) is 2.45. The number of amides is 1. The molecule has 0 aliphatic rings. The van der Waals surface area contributed by atoms with Crippen molar-refractivity contribution in [3.8, 4) is 5.75 Å². The summed E-state index contributed by atoms with van der Waals surface area (Å²) in [5.74, 6) is 0.598. The molecular weight excluding hydrogens is 262 g/mol. The van der Waals surface area contributed by atoms with E-state index < -0.39 is 0 Å². The van der Waals surface area contributed by atoms with Crippen LogP contribution in [0.2, 0.25) is 0 Å². The van der Waals surface area contributed by atoms with Gasteiger partial charge in [-0.3, -0.25) is 4.79 Å². The van der Waals surface area contributed by atoms with Gasteiger partial charge >= 0.3 is 0 Å². The Hall–Kier alpha value is -2.29. The lowest BCUT2D eigenvalue weighted by molar-refractivity contribution is -0.123. The molecule has 0 bridgehead atoms. The van der Waals surface area contributed by atoms with E-state index in [9.17, 15) is 4.79 Å². The molecule has 0 saturated carbocycles. The number of carbonyl (C=O) groups excluding carboxylic acids is 1. The molecule has 1 atom stereocenters. The molecule has 21 heavy (non-hydrogen) atoms. The Morgan fingerprint density at radius 2 is 1.90 bits per heavy atom. The Kier molecular flexibility index (Phi) is 4.99. The van der Waals surface area contributed by atoms with Crippen LogP contribution < -0.4 is 10.1 Å². The fourth-order valence-corrected chi connectivity index (χ4v) is 2.29. The van der Waals surface area contributed by atoms with Gasteiger partial charge in [0.25, 0.3) is 5.91 Å². The number of ether oxygens (including phenoxy) is 1. The van der Waals surface area contributed by atoms with E-state index in [0.29, 0.717) is 5.75 Å². The zero-order valence-corrected chi connectivity index (χ0v) is 12.7. The minimum Gasteiger partial charge on any atom is -0.484 e. The molecule has 0 saturated heterocycles. The average molecular weight is 283 g/mol. The van der Waals surface area contributed by atoms with Crippen molar-refractivity contribution >= 4 is 5.91 Å². The summed E-state index contributed by atoms with van der Waals surface area (Å²) in [6.45, 7) is 6.04. The third-order valence-electron chi connectivity index (χ3n) is 3.39. The molecule has 1 unspecified atom stereocenters. The van der Waals surface area contributed by atoms with E-state index in [0.717, 1.165) is 11.1 Å². The molecule has 2 aromatic rings. The molecule has 0 heterocycles. The Labute approximate surface area is 126 Å². The molecule has 3 nitrogen and oxygen atoms in total. The second-order valence-electron chi connectivity index (χ2n) is 5.25. The highest BCUT2D eigenvalue weighted by molar-refractivity contribution is 5.78.